The van der Waals surface area contributed by atoms with Crippen LogP contribution in [0.1, 0.15) is 57.6 Å². The van der Waals surface area contributed by atoms with Gasteiger partial charge in [0.05, 0.1) is 5.69 Å². The van der Waals surface area contributed by atoms with Crippen LogP contribution in [0.5, 0.6) is 5.75 Å². The zero-order valence-corrected chi connectivity index (χ0v) is 18.8. The summed E-state index contributed by atoms with van der Waals surface area (Å²) < 4.78 is 0. The molecule has 2 aromatic carbocycles. The molecule has 3 rings (SSSR count). The van der Waals surface area contributed by atoms with Crippen molar-refractivity contribution in [2.24, 2.45) is 5.92 Å². The molecule has 2 aromatic rings. The molecule has 0 saturated carbocycles. The Morgan fingerprint density at radius 2 is 1.84 bits per heavy atom. The number of nitrogen functional groups attached to an aromatic ring is 1. The van der Waals surface area contributed by atoms with Gasteiger partial charge in [-0.15, -0.1) is 0 Å². The Balaban J connectivity index is 2.01. The van der Waals surface area contributed by atoms with Gasteiger partial charge in [-0.3, -0.25) is 4.79 Å². The zero-order valence-electron chi connectivity index (χ0n) is 18.8. The van der Waals surface area contributed by atoms with Crippen molar-refractivity contribution in [3.63, 3.8) is 0 Å². The number of nitrogens with two attached hydrogens (primary N) is 1. The first kappa shape index (κ1) is 22.6. The zero-order chi connectivity index (χ0) is 22.5. The fourth-order valence-electron chi connectivity index (χ4n) is 4.05. The summed E-state index contributed by atoms with van der Waals surface area (Å²) in [7, 11) is 0. The average molecular weight is 421 g/mol. The van der Waals surface area contributed by atoms with Crippen molar-refractivity contribution >= 4 is 11.6 Å². The highest BCUT2D eigenvalue weighted by molar-refractivity contribution is 5.81. The van der Waals surface area contributed by atoms with Crippen LogP contribution in [0, 0.1) is 17.2 Å². The van der Waals surface area contributed by atoms with Crippen LogP contribution in [0.25, 0.3) is 11.1 Å². The van der Waals surface area contributed by atoms with Crippen molar-refractivity contribution in [1.82, 2.24) is 10.4 Å². The van der Waals surface area contributed by atoms with Gasteiger partial charge in [0.2, 0.25) is 5.91 Å². The first-order valence-corrected chi connectivity index (χ1v) is 11.0. The van der Waals surface area contributed by atoms with E-state index in [1.54, 1.807) is 0 Å². The first-order chi connectivity index (χ1) is 14.8. The Morgan fingerprint density at radius 3 is 2.39 bits per heavy atom. The topological polar surface area (TPSA) is 91.4 Å². The molecule has 3 N–H and O–H groups in total. The minimum absolute atomic E-state index is 0.00308. The van der Waals surface area contributed by atoms with Crippen molar-refractivity contribution in [3.05, 3.63) is 47.5 Å². The van der Waals surface area contributed by atoms with E-state index in [0.717, 1.165) is 29.5 Å². The van der Waals surface area contributed by atoms with Gasteiger partial charge in [-0.1, -0.05) is 44.2 Å². The van der Waals surface area contributed by atoms with Crippen molar-refractivity contribution < 1.29 is 9.63 Å². The average Bonchev–Trinajstić information content (AvgIpc) is 2.78. The molecule has 6 nitrogen and oxygen atoms in total. The molecular weight excluding hydrogens is 388 g/mol. The van der Waals surface area contributed by atoms with Crippen molar-refractivity contribution in [1.29, 1.82) is 5.26 Å². The molecule has 0 atom stereocenters. The van der Waals surface area contributed by atoms with Crippen LogP contribution in [-0.4, -0.2) is 29.9 Å². The van der Waals surface area contributed by atoms with Gasteiger partial charge in [0.15, 0.2) is 5.75 Å². The highest BCUT2D eigenvalue weighted by Crippen LogP contribution is 2.43. The summed E-state index contributed by atoms with van der Waals surface area (Å²) in [5.41, 5.74) is 13.2. The lowest BCUT2D eigenvalue weighted by Gasteiger charge is -2.34. The first-order valence-electron chi connectivity index (χ1n) is 11.0. The molecule has 1 aliphatic rings. The van der Waals surface area contributed by atoms with E-state index in [1.807, 2.05) is 69.0 Å². The number of rotatable bonds is 6. The molecule has 1 aliphatic heterocycles. The molecule has 31 heavy (non-hydrogen) atoms. The van der Waals surface area contributed by atoms with Gasteiger partial charge in [0.25, 0.3) is 0 Å². The van der Waals surface area contributed by atoms with E-state index in [4.69, 9.17) is 10.6 Å². The standard InChI is InChI=1S/C25H32N4O2/c1-16(2)25(30)29-12-10-19(11-13-29)21-14-20(18-8-6-5-7-9-18)22(15-26)24(23(21)27)31-28-17(3)4/h5-9,14,16-17,19,28H,10-13,27H2,1-4H3. The maximum atomic E-state index is 12.4. The molecule has 0 spiro atoms. The van der Waals surface area contributed by atoms with Crippen LogP contribution in [0.4, 0.5) is 5.69 Å². The summed E-state index contributed by atoms with van der Waals surface area (Å²) in [5.74, 6) is 0.783. The van der Waals surface area contributed by atoms with E-state index >= 15 is 0 Å². The normalized spacial score (nSPS) is 14.7. The molecule has 1 saturated heterocycles. The van der Waals surface area contributed by atoms with Crippen molar-refractivity contribution in [3.8, 4) is 22.9 Å². The lowest BCUT2D eigenvalue weighted by molar-refractivity contribution is -0.135. The highest BCUT2D eigenvalue weighted by atomic mass is 16.6. The highest BCUT2D eigenvalue weighted by Gasteiger charge is 2.29. The smallest absolute Gasteiger partial charge is 0.225 e. The Kier molecular flexibility index (Phi) is 7.19. The maximum Gasteiger partial charge on any atom is 0.225 e. The molecular formula is C25H32N4O2. The van der Waals surface area contributed by atoms with E-state index in [0.29, 0.717) is 30.1 Å². The summed E-state index contributed by atoms with van der Waals surface area (Å²) >= 11 is 0. The van der Waals surface area contributed by atoms with E-state index < -0.39 is 0 Å². The van der Waals surface area contributed by atoms with Gasteiger partial charge < -0.3 is 15.5 Å². The fraction of sp³-hybridized carbons (Fsp3) is 0.440. The quantitative estimate of drug-likeness (QED) is 0.532. The van der Waals surface area contributed by atoms with Crippen LogP contribution < -0.4 is 16.1 Å². The van der Waals surface area contributed by atoms with Crippen molar-refractivity contribution in [2.45, 2.75) is 52.5 Å². The molecule has 0 aliphatic carbocycles. The second kappa shape index (κ2) is 9.84. The summed E-state index contributed by atoms with van der Waals surface area (Å²) in [4.78, 5) is 20.2. The summed E-state index contributed by atoms with van der Waals surface area (Å²) in [6.07, 6.45) is 1.67. The third-order valence-corrected chi connectivity index (χ3v) is 5.69. The molecule has 164 valence electrons. The van der Waals surface area contributed by atoms with E-state index in [-0.39, 0.29) is 23.8 Å². The Labute approximate surface area is 184 Å². The fourth-order valence-corrected chi connectivity index (χ4v) is 4.05. The monoisotopic (exact) mass is 420 g/mol. The number of hydrogen-bond acceptors (Lipinski definition) is 5. The maximum absolute atomic E-state index is 12.4. The minimum Gasteiger partial charge on any atom is -0.405 e. The molecule has 0 bridgehead atoms. The van der Waals surface area contributed by atoms with Crippen LogP contribution in [0.15, 0.2) is 36.4 Å². The predicted molar refractivity (Wildman–Crippen MR) is 123 cm³/mol. The predicted octanol–water partition coefficient (Wildman–Crippen LogP) is 4.46. The molecule has 1 amide bonds. The van der Waals surface area contributed by atoms with E-state index in [2.05, 4.69) is 11.5 Å². The number of nitrogens with zero attached hydrogens (tertiary/aromatic N) is 2. The number of anilines is 1. The Hall–Kier alpha value is -3.04. The van der Waals surface area contributed by atoms with E-state index in [9.17, 15) is 10.1 Å². The SMILES string of the molecule is CC(C)NOc1c(N)c(C2CCN(C(=O)C(C)C)CC2)cc(-c2ccccc2)c1C#N. The largest absolute Gasteiger partial charge is 0.405 e. The molecule has 1 fully saturated rings. The number of nitriles is 1. The number of hydrogen-bond donors (Lipinski definition) is 2. The molecule has 0 aromatic heterocycles. The van der Waals surface area contributed by atoms with Gasteiger partial charge in [-0.05, 0) is 49.8 Å². The minimum atomic E-state index is 0.00308. The van der Waals surface area contributed by atoms with Gasteiger partial charge in [-0.25, -0.2) is 0 Å². The van der Waals surface area contributed by atoms with Crippen LogP contribution in [0.2, 0.25) is 0 Å². The van der Waals surface area contributed by atoms with Gasteiger partial charge in [0.1, 0.15) is 11.6 Å². The van der Waals surface area contributed by atoms with Gasteiger partial charge >= 0.3 is 0 Å². The lowest BCUT2D eigenvalue weighted by atomic mass is 9.84. The third kappa shape index (κ3) is 5.00. The number of carbonyl (C=O) groups excluding carboxylic acids is 1. The molecule has 0 unspecified atom stereocenters. The number of benzene rings is 2. The lowest BCUT2D eigenvalue weighted by Crippen LogP contribution is -2.40. The third-order valence-electron chi connectivity index (χ3n) is 5.69. The number of piperidine rings is 1. The Morgan fingerprint density at radius 1 is 1.19 bits per heavy atom. The number of amides is 1. The Bertz CT molecular complexity index is 956. The van der Waals surface area contributed by atoms with E-state index in [1.165, 1.54) is 0 Å². The van der Waals surface area contributed by atoms with Crippen LogP contribution in [0.3, 0.4) is 0 Å². The van der Waals surface area contributed by atoms with Gasteiger partial charge in [-0.2, -0.15) is 10.7 Å². The van der Waals surface area contributed by atoms with Gasteiger partial charge in [0, 0.05) is 30.6 Å². The number of hydroxylamine groups is 1. The molecule has 0 radical (unpaired) electrons. The summed E-state index contributed by atoms with van der Waals surface area (Å²) in [5, 5.41) is 9.94. The number of likely N-dealkylation sites (tertiary alicyclic amines) is 1. The van der Waals surface area contributed by atoms with Crippen LogP contribution in [-0.2, 0) is 4.79 Å². The second-order valence-corrected chi connectivity index (χ2v) is 8.74. The second-order valence-electron chi connectivity index (χ2n) is 8.74. The summed E-state index contributed by atoms with van der Waals surface area (Å²) in [6.45, 7) is 9.22. The summed E-state index contributed by atoms with van der Waals surface area (Å²) in [6, 6.07) is 14.2. The number of nitrogens with one attached hydrogen (secondary N) is 1. The van der Waals surface area contributed by atoms with Crippen molar-refractivity contribution in [2.75, 3.05) is 18.8 Å². The molecule has 6 heteroatoms. The van der Waals surface area contributed by atoms with Crippen LogP contribution >= 0.6 is 0 Å². The number of carbonyl (C=O) groups is 1. The molecule has 1 heterocycles.